The quantitative estimate of drug-likeness (QED) is 0.692. The van der Waals surface area contributed by atoms with Gasteiger partial charge < -0.3 is 4.52 Å². The number of rotatable bonds is 5. The molecule has 0 aromatic rings. The molecule has 0 amide bonds. The van der Waals surface area contributed by atoms with E-state index in [4.69, 9.17) is 0 Å². The molecule has 6 nitrogen and oxygen atoms in total. The molecule has 0 rings (SSSR count). The summed E-state index contributed by atoms with van der Waals surface area (Å²) < 4.78 is 79.3. The van der Waals surface area contributed by atoms with Gasteiger partial charge in [0, 0.05) is 7.11 Å². The summed E-state index contributed by atoms with van der Waals surface area (Å²) in [5, 5.41) is 0. The Morgan fingerprint density at radius 3 is 2.00 bits per heavy atom. The first kappa shape index (κ1) is 14.8. The van der Waals surface area contributed by atoms with Gasteiger partial charge in [0.15, 0.2) is 0 Å². The van der Waals surface area contributed by atoms with Crippen molar-refractivity contribution in [2.45, 2.75) is 12.0 Å². The SMILES string of the molecule is CO[PH](=O)C(OS(=O)(=O)OC)C(F)(F)F. The first-order valence-corrected chi connectivity index (χ1v) is 6.00. The molecule has 0 aliphatic carbocycles. The third-order valence-electron chi connectivity index (χ3n) is 1.13. The van der Waals surface area contributed by atoms with Crippen LogP contribution < -0.4 is 0 Å². The molecule has 0 bridgehead atoms. The van der Waals surface area contributed by atoms with Gasteiger partial charge in [-0.3, -0.25) is 8.75 Å². The van der Waals surface area contributed by atoms with Crippen molar-refractivity contribution >= 4 is 18.4 Å². The summed E-state index contributed by atoms with van der Waals surface area (Å²) in [5.74, 6) is -3.04. The van der Waals surface area contributed by atoms with Crippen molar-refractivity contribution in [1.82, 2.24) is 0 Å². The molecule has 0 saturated carbocycles. The highest BCUT2D eigenvalue weighted by Crippen LogP contribution is 2.41. The van der Waals surface area contributed by atoms with Crippen molar-refractivity contribution in [1.29, 1.82) is 0 Å². The number of alkyl halides is 3. The van der Waals surface area contributed by atoms with E-state index in [1.54, 1.807) is 0 Å². The van der Waals surface area contributed by atoms with Crippen molar-refractivity contribution in [3.05, 3.63) is 0 Å². The summed E-state index contributed by atoms with van der Waals surface area (Å²) >= 11 is 0. The number of hydrogen-bond donors (Lipinski definition) is 0. The van der Waals surface area contributed by atoms with E-state index in [2.05, 4.69) is 12.9 Å². The van der Waals surface area contributed by atoms with Crippen LogP contribution in [0.4, 0.5) is 13.2 Å². The van der Waals surface area contributed by atoms with Crippen LogP contribution in [0.3, 0.4) is 0 Å². The minimum atomic E-state index is -5.13. The molecule has 0 saturated heterocycles. The highest BCUT2D eigenvalue weighted by Gasteiger charge is 2.48. The van der Waals surface area contributed by atoms with Crippen molar-refractivity contribution in [3.63, 3.8) is 0 Å². The summed E-state index contributed by atoms with van der Waals surface area (Å²) in [4.78, 5) is 0. The third-order valence-corrected chi connectivity index (χ3v) is 3.41. The van der Waals surface area contributed by atoms with Crippen LogP contribution in [0, 0.1) is 0 Å². The second-order valence-corrected chi connectivity index (χ2v) is 5.03. The second-order valence-electron chi connectivity index (χ2n) is 2.12. The monoisotopic (exact) mass is 272 g/mol. The first-order chi connectivity index (χ1) is 6.64. The van der Waals surface area contributed by atoms with Crippen molar-refractivity contribution < 1.29 is 39.0 Å². The Morgan fingerprint density at radius 1 is 1.27 bits per heavy atom. The molecule has 11 heteroatoms. The standard InChI is InChI=1S/C4H8F3O6PS/c1-11-14(8)3(4(5,6)7)13-15(9,10)12-2/h3,14H,1-2H3. The molecule has 0 heterocycles. The molecule has 0 aromatic carbocycles. The van der Waals surface area contributed by atoms with E-state index in [1.807, 2.05) is 0 Å². The van der Waals surface area contributed by atoms with Crippen LogP contribution >= 0.6 is 8.03 Å². The van der Waals surface area contributed by atoms with Crippen molar-refractivity contribution in [2.75, 3.05) is 14.2 Å². The van der Waals surface area contributed by atoms with E-state index in [-0.39, 0.29) is 0 Å². The lowest BCUT2D eigenvalue weighted by molar-refractivity contribution is -0.171. The van der Waals surface area contributed by atoms with Gasteiger partial charge in [-0.15, -0.1) is 0 Å². The summed E-state index contributed by atoms with van der Waals surface area (Å²) in [6.45, 7) is 0. The molecule has 2 unspecified atom stereocenters. The zero-order valence-electron chi connectivity index (χ0n) is 7.57. The zero-order valence-corrected chi connectivity index (χ0v) is 9.39. The summed E-state index contributed by atoms with van der Waals surface area (Å²) in [5.41, 5.74) is 0. The molecule has 0 spiro atoms. The van der Waals surface area contributed by atoms with Crippen LogP contribution in [0.5, 0.6) is 0 Å². The fraction of sp³-hybridized carbons (Fsp3) is 1.00. The van der Waals surface area contributed by atoms with Crippen LogP contribution in [0.15, 0.2) is 0 Å². The van der Waals surface area contributed by atoms with Gasteiger partial charge >= 0.3 is 16.6 Å². The van der Waals surface area contributed by atoms with Crippen LogP contribution in [0.1, 0.15) is 0 Å². The maximum Gasteiger partial charge on any atom is 0.425 e. The lowest BCUT2D eigenvalue weighted by Crippen LogP contribution is -2.31. The summed E-state index contributed by atoms with van der Waals surface area (Å²) in [7, 11) is -7.21. The molecule has 0 N–H and O–H groups in total. The maximum absolute atomic E-state index is 12.1. The van der Waals surface area contributed by atoms with E-state index >= 15 is 0 Å². The Hall–Kier alpha value is -0.150. The molecule has 0 radical (unpaired) electrons. The minimum absolute atomic E-state index is 0.604. The van der Waals surface area contributed by atoms with Crippen LogP contribution in [-0.4, -0.2) is 34.7 Å². The minimum Gasteiger partial charge on any atom is -0.332 e. The largest absolute Gasteiger partial charge is 0.425 e. The van der Waals surface area contributed by atoms with E-state index in [0.717, 1.165) is 7.11 Å². The predicted molar refractivity (Wildman–Crippen MR) is 42.9 cm³/mol. The Kier molecular flexibility index (Phi) is 5.21. The Morgan fingerprint density at radius 2 is 1.73 bits per heavy atom. The van der Waals surface area contributed by atoms with Gasteiger partial charge in [0.1, 0.15) is 0 Å². The maximum atomic E-state index is 12.1. The van der Waals surface area contributed by atoms with Gasteiger partial charge in [-0.1, -0.05) is 0 Å². The molecule has 0 aliphatic rings. The molecule has 0 fully saturated rings. The van der Waals surface area contributed by atoms with Gasteiger partial charge in [0.2, 0.25) is 13.9 Å². The van der Waals surface area contributed by atoms with E-state index in [1.165, 1.54) is 0 Å². The predicted octanol–water partition coefficient (Wildman–Crippen LogP) is 0.904. The van der Waals surface area contributed by atoms with Crippen LogP contribution in [0.25, 0.3) is 0 Å². The lowest BCUT2D eigenvalue weighted by Gasteiger charge is -2.17. The van der Waals surface area contributed by atoms with Crippen molar-refractivity contribution in [3.8, 4) is 0 Å². The van der Waals surface area contributed by atoms with E-state index < -0.39 is 30.4 Å². The fourth-order valence-corrected chi connectivity index (χ4v) is 2.06. The summed E-state index contributed by atoms with van der Waals surface area (Å²) in [6.07, 6.45) is -5.13. The second kappa shape index (κ2) is 5.26. The van der Waals surface area contributed by atoms with Crippen LogP contribution in [0.2, 0.25) is 0 Å². The molecule has 15 heavy (non-hydrogen) atoms. The van der Waals surface area contributed by atoms with Crippen molar-refractivity contribution in [2.24, 2.45) is 0 Å². The number of hydrogen-bond acceptors (Lipinski definition) is 6. The highest BCUT2D eigenvalue weighted by molar-refractivity contribution is 7.82. The van der Waals surface area contributed by atoms with Gasteiger partial charge in [-0.2, -0.15) is 21.6 Å². The molecule has 92 valence electrons. The number of halogens is 3. The summed E-state index contributed by atoms with van der Waals surface area (Å²) in [6, 6.07) is 0. The molecule has 0 aliphatic heterocycles. The lowest BCUT2D eigenvalue weighted by atomic mass is 10.7. The zero-order chi connectivity index (χ0) is 12.3. The smallest absolute Gasteiger partial charge is 0.332 e. The molecular formula is C4H8F3O6PS. The van der Waals surface area contributed by atoms with E-state index in [0.29, 0.717) is 7.11 Å². The fourth-order valence-electron chi connectivity index (χ4n) is 0.492. The third kappa shape index (κ3) is 4.94. The van der Waals surface area contributed by atoms with Gasteiger partial charge in [0.05, 0.1) is 7.11 Å². The van der Waals surface area contributed by atoms with E-state index in [9.17, 15) is 26.2 Å². The Labute approximate surface area is 84.5 Å². The van der Waals surface area contributed by atoms with Crippen LogP contribution in [-0.2, 0) is 27.9 Å². The Balaban J connectivity index is 4.92. The molecule has 0 aromatic heterocycles. The normalized spacial score (nSPS) is 17.4. The van der Waals surface area contributed by atoms with Gasteiger partial charge in [0.25, 0.3) is 0 Å². The highest BCUT2D eigenvalue weighted by atomic mass is 32.3. The van der Waals surface area contributed by atoms with Gasteiger partial charge in [-0.05, 0) is 0 Å². The van der Waals surface area contributed by atoms with Gasteiger partial charge in [-0.25, -0.2) is 4.18 Å². The average molecular weight is 272 g/mol. The Bertz CT molecular complexity index is 324. The molecular weight excluding hydrogens is 264 g/mol. The topological polar surface area (TPSA) is 78.9 Å². The molecule has 2 atom stereocenters. The first-order valence-electron chi connectivity index (χ1n) is 3.27. The average Bonchev–Trinajstić information content (AvgIpc) is 2.11.